The van der Waals surface area contributed by atoms with Crippen molar-refractivity contribution in [3.8, 4) is 0 Å². The quantitative estimate of drug-likeness (QED) is 0.749. The first-order valence-corrected chi connectivity index (χ1v) is 8.67. The molecule has 0 aromatic carbocycles. The maximum absolute atomic E-state index is 6.07. The minimum atomic E-state index is 0.277. The summed E-state index contributed by atoms with van der Waals surface area (Å²) in [7, 11) is 0. The molecule has 0 aliphatic heterocycles. The third-order valence-corrected chi connectivity index (χ3v) is 5.72. The Kier molecular flexibility index (Phi) is 5.46. The summed E-state index contributed by atoms with van der Waals surface area (Å²) in [4.78, 5) is 2.65. The van der Waals surface area contributed by atoms with Crippen LogP contribution in [-0.2, 0) is 0 Å². The Bertz CT molecular complexity index is 490. The van der Waals surface area contributed by atoms with Crippen molar-refractivity contribution >= 4 is 34.3 Å². The molecule has 4 heteroatoms. The maximum Gasteiger partial charge on any atom is 0.0931 e. The van der Waals surface area contributed by atoms with Gasteiger partial charge >= 0.3 is 0 Å². The largest absolute Gasteiger partial charge is 0.305 e. The third kappa shape index (κ3) is 4.06. The van der Waals surface area contributed by atoms with Gasteiger partial charge in [0, 0.05) is 9.75 Å². The van der Waals surface area contributed by atoms with E-state index in [4.69, 9.17) is 11.6 Å². The van der Waals surface area contributed by atoms with Crippen LogP contribution in [0.3, 0.4) is 0 Å². The first kappa shape index (κ1) is 15.0. The normalized spacial score (nSPS) is 14.8. The van der Waals surface area contributed by atoms with Gasteiger partial charge in [-0.15, -0.1) is 22.7 Å². The van der Waals surface area contributed by atoms with Gasteiger partial charge in [0.2, 0.25) is 0 Å². The van der Waals surface area contributed by atoms with Crippen LogP contribution in [-0.4, -0.2) is 6.54 Å². The van der Waals surface area contributed by atoms with E-state index in [2.05, 4.69) is 49.7 Å². The van der Waals surface area contributed by atoms with Crippen molar-refractivity contribution in [3.63, 3.8) is 0 Å². The molecule has 0 saturated carbocycles. The van der Waals surface area contributed by atoms with Crippen molar-refractivity contribution < 1.29 is 0 Å². The average molecular weight is 314 g/mol. The smallest absolute Gasteiger partial charge is 0.0931 e. The lowest BCUT2D eigenvalue weighted by Crippen LogP contribution is -2.28. The van der Waals surface area contributed by atoms with Gasteiger partial charge in [0.25, 0.3) is 0 Å². The number of halogens is 1. The fourth-order valence-corrected chi connectivity index (χ4v) is 3.87. The Morgan fingerprint density at radius 3 is 2.47 bits per heavy atom. The van der Waals surface area contributed by atoms with Crippen molar-refractivity contribution in [1.82, 2.24) is 5.32 Å². The summed E-state index contributed by atoms with van der Waals surface area (Å²) >= 11 is 9.53. The predicted molar refractivity (Wildman–Crippen MR) is 87.5 cm³/mol. The molecule has 2 atom stereocenters. The van der Waals surface area contributed by atoms with Crippen molar-refractivity contribution in [2.75, 3.05) is 6.54 Å². The summed E-state index contributed by atoms with van der Waals surface area (Å²) in [6.07, 6.45) is 0. The van der Waals surface area contributed by atoms with E-state index in [1.807, 2.05) is 6.07 Å². The van der Waals surface area contributed by atoms with Crippen molar-refractivity contribution in [1.29, 1.82) is 0 Å². The second-order valence-corrected chi connectivity index (χ2v) is 7.95. The molecule has 2 rings (SSSR count). The molecule has 2 unspecified atom stereocenters. The molecule has 0 radical (unpaired) electrons. The van der Waals surface area contributed by atoms with Gasteiger partial charge < -0.3 is 5.32 Å². The molecular formula is C15H20ClNS2. The fraction of sp³-hybridized carbons (Fsp3) is 0.467. The van der Waals surface area contributed by atoms with E-state index >= 15 is 0 Å². The highest BCUT2D eigenvalue weighted by Crippen LogP contribution is 2.33. The van der Waals surface area contributed by atoms with Crippen molar-refractivity contribution in [3.05, 3.63) is 43.7 Å². The highest BCUT2D eigenvalue weighted by molar-refractivity contribution is 7.16. The molecule has 2 aromatic heterocycles. The van der Waals surface area contributed by atoms with Crippen LogP contribution < -0.4 is 5.32 Å². The Labute approximate surface area is 128 Å². The molecule has 0 aliphatic rings. The van der Waals surface area contributed by atoms with Gasteiger partial charge in [-0.3, -0.25) is 0 Å². The Morgan fingerprint density at radius 2 is 1.95 bits per heavy atom. The summed E-state index contributed by atoms with van der Waals surface area (Å²) in [5.41, 5.74) is 0. The summed E-state index contributed by atoms with van der Waals surface area (Å²) in [6, 6.07) is 8.69. The van der Waals surface area contributed by atoms with Crippen LogP contribution in [0.25, 0.3) is 0 Å². The average Bonchev–Trinajstić information content (AvgIpc) is 3.01. The van der Waals surface area contributed by atoms with Gasteiger partial charge in [0.1, 0.15) is 0 Å². The van der Waals surface area contributed by atoms with Gasteiger partial charge in [-0.2, -0.15) is 0 Å². The van der Waals surface area contributed by atoms with Crippen LogP contribution in [0.4, 0.5) is 0 Å². The van der Waals surface area contributed by atoms with Crippen molar-refractivity contribution in [2.24, 2.45) is 11.8 Å². The van der Waals surface area contributed by atoms with Gasteiger partial charge in [-0.05, 0) is 42.0 Å². The molecule has 0 bridgehead atoms. The van der Waals surface area contributed by atoms with E-state index in [0.717, 1.165) is 10.9 Å². The highest BCUT2D eigenvalue weighted by atomic mass is 35.5. The Balaban J connectivity index is 2.12. The van der Waals surface area contributed by atoms with Crippen LogP contribution in [0.15, 0.2) is 29.6 Å². The molecule has 1 N–H and O–H groups in total. The molecule has 1 nitrogen and oxygen atoms in total. The van der Waals surface area contributed by atoms with E-state index < -0.39 is 0 Å². The van der Waals surface area contributed by atoms with Gasteiger partial charge in [-0.25, -0.2) is 0 Å². The van der Waals surface area contributed by atoms with Crippen LogP contribution in [0, 0.1) is 11.8 Å². The molecule has 2 heterocycles. The van der Waals surface area contributed by atoms with Gasteiger partial charge in [0.05, 0.1) is 10.4 Å². The fourth-order valence-electron chi connectivity index (χ4n) is 1.82. The number of hydrogen-bond donors (Lipinski definition) is 1. The first-order valence-electron chi connectivity index (χ1n) is 6.60. The highest BCUT2D eigenvalue weighted by Gasteiger charge is 2.18. The summed E-state index contributed by atoms with van der Waals surface area (Å²) in [6.45, 7) is 7.86. The lowest BCUT2D eigenvalue weighted by atomic mass is 9.98. The van der Waals surface area contributed by atoms with Gasteiger partial charge in [0.15, 0.2) is 0 Å². The molecular weight excluding hydrogens is 294 g/mol. The summed E-state index contributed by atoms with van der Waals surface area (Å²) < 4.78 is 0.857. The van der Waals surface area contributed by atoms with E-state index in [-0.39, 0.29) is 6.04 Å². The zero-order valence-electron chi connectivity index (χ0n) is 11.5. The van der Waals surface area contributed by atoms with E-state index in [1.165, 1.54) is 9.75 Å². The van der Waals surface area contributed by atoms with E-state index in [0.29, 0.717) is 11.8 Å². The molecule has 0 saturated heterocycles. The molecule has 2 aromatic rings. The summed E-state index contributed by atoms with van der Waals surface area (Å²) in [5, 5.41) is 5.83. The van der Waals surface area contributed by atoms with E-state index in [9.17, 15) is 0 Å². The molecule has 0 aliphatic carbocycles. The van der Waals surface area contributed by atoms with Gasteiger partial charge in [-0.1, -0.05) is 38.4 Å². The van der Waals surface area contributed by atoms with Crippen LogP contribution >= 0.6 is 34.3 Å². The first-order chi connectivity index (χ1) is 9.08. The molecule has 0 amide bonds. The monoisotopic (exact) mass is 313 g/mol. The maximum atomic E-state index is 6.07. The molecule has 104 valence electrons. The zero-order chi connectivity index (χ0) is 13.8. The number of hydrogen-bond acceptors (Lipinski definition) is 3. The minimum Gasteiger partial charge on any atom is -0.305 e. The Morgan fingerprint density at radius 1 is 1.16 bits per heavy atom. The predicted octanol–water partition coefficient (Wildman–Crippen LogP) is 5.43. The van der Waals surface area contributed by atoms with Crippen LogP contribution in [0.2, 0.25) is 4.34 Å². The third-order valence-electron chi connectivity index (χ3n) is 3.49. The number of thiophene rings is 2. The van der Waals surface area contributed by atoms with Crippen LogP contribution in [0.1, 0.15) is 36.6 Å². The minimum absolute atomic E-state index is 0.277. The van der Waals surface area contributed by atoms with E-state index in [1.54, 1.807) is 22.7 Å². The SMILES string of the molecule is CC(C)C(C)CNC(c1cccs1)c1ccc(Cl)s1. The van der Waals surface area contributed by atoms with Crippen molar-refractivity contribution in [2.45, 2.75) is 26.8 Å². The number of nitrogens with one attached hydrogen (secondary N) is 1. The standard InChI is InChI=1S/C15H20ClNS2/c1-10(2)11(3)9-17-15(12-5-4-8-18-12)13-6-7-14(16)19-13/h4-8,10-11,15,17H,9H2,1-3H3. The molecule has 0 spiro atoms. The second-order valence-electron chi connectivity index (χ2n) is 5.22. The zero-order valence-corrected chi connectivity index (χ0v) is 13.9. The lowest BCUT2D eigenvalue weighted by Gasteiger charge is -2.21. The lowest BCUT2D eigenvalue weighted by molar-refractivity contribution is 0.383. The molecule has 0 fully saturated rings. The molecule has 19 heavy (non-hydrogen) atoms. The topological polar surface area (TPSA) is 12.0 Å². The summed E-state index contributed by atoms with van der Waals surface area (Å²) in [5.74, 6) is 1.36. The second kappa shape index (κ2) is 6.89. The van der Waals surface area contributed by atoms with Crippen LogP contribution in [0.5, 0.6) is 0 Å². The number of rotatable bonds is 6. The Hall–Kier alpha value is -0.350.